The first-order chi connectivity index (χ1) is 23.1. The number of carboxylic acid groups (broad SMARTS) is 1. The number of hydrogen-bond donors (Lipinski definition) is 2. The van der Waals surface area contributed by atoms with E-state index < -0.39 is 17.4 Å². The zero-order chi connectivity index (χ0) is 35.0. The van der Waals surface area contributed by atoms with Gasteiger partial charge in [-0.05, 0) is 131 Å². The Hall–Kier alpha value is -2.96. The molecule has 0 radical (unpaired) electrons. The number of ether oxygens (including phenoxy) is 1. The summed E-state index contributed by atoms with van der Waals surface area (Å²) < 4.78 is 6.14. The number of para-hydroxylation sites is 1. The van der Waals surface area contributed by atoms with Crippen LogP contribution in [0.3, 0.4) is 0 Å². The van der Waals surface area contributed by atoms with E-state index in [1.54, 1.807) is 13.8 Å². The van der Waals surface area contributed by atoms with Gasteiger partial charge in [-0.15, -0.1) is 0 Å². The summed E-state index contributed by atoms with van der Waals surface area (Å²) >= 11 is 0. The Balaban J connectivity index is 1.05. The third-order valence-electron chi connectivity index (χ3n) is 15.4. The standard InChI is InChI=1S/C42H58N2O5/c1-38(2,37(47)48)24-35(45)49-34-19-22-41(6)32(39(34,3)4)18-21-40(5)29-17-23-42(20-9-11-30(42)28(29)15-16-33(40)41)36(46)43-25-27-14-13-26-10-7-8-12-31(26)44-27/h7-8,10,12-14,28-30,32-34H,9,11,15-25H2,1-6H3,(H,43,46)(H,47,48). The van der Waals surface area contributed by atoms with Crippen molar-refractivity contribution in [2.45, 2.75) is 131 Å². The lowest BCUT2D eigenvalue weighted by Crippen LogP contribution is -2.64. The van der Waals surface area contributed by atoms with E-state index in [9.17, 15) is 19.5 Å². The third kappa shape index (κ3) is 5.51. The van der Waals surface area contributed by atoms with Gasteiger partial charge in [0.15, 0.2) is 0 Å². The molecule has 1 heterocycles. The number of fused-ring (bicyclic) bond motifs is 8. The summed E-state index contributed by atoms with van der Waals surface area (Å²) in [7, 11) is 0. The summed E-state index contributed by atoms with van der Waals surface area (Å²) in [6, 6.07) is 12.3. The van der Waals surface area contributed by atoms with Crippen LogP contribution in [0.1, 0.15) is 124 Å². The highest BCUT2D eigenvalue weighted by molar-refractivity contribution is 5.84. The zero-order valence-corrected chi connectivity index (χ0v) is 30.6. The van der Waals surface area contributed by atoms with Crippen molar-refractivity contribution in [1.29, 1.82) is 0 Å². The van der Waals surface area contributed by atoms with Crippen molar-refractivity contribution in [3.05, 3.63) is 42.1 Å². The van der Waals surface area contributed by atoms with Crippen LogP contribution in [0.25, 0.3) is 10.9 Å². The molecule has 0 saturated heterocycles. The minimum Gasteiger partial charge on any atom is -0.481 e. The summed E-state index contributed by atoms with van der Waals surface area (Å²) in [6.07, 6.45) is 11.8. The van der Waals surface area contributed by atoms with Crippen LogP contribution in [0.4, 0.5) is 0 Å². The van der Waals surface area contributed by atoms with E-state index in [1.807, 2.05) is 24.3 Å². The maximum Gasteiger partial charge on any atom is 0.309 e. The highest BCUT2D eigenvalue weighted by atomic mass is 16.5. The van der Waals surface area contributed by atoms with Gasteiger partial charge in [-0.3, -0.25) is 19.4 Å². The fourth-order valence-corrected chi connectivity index (χ4v) is 13.0. The molecule has 2 N–H and O–H groups in total. The number of nitrogens with one attached hydrogen (secondary N) is 1. The summed E-state index contributed by atoms with van der Waals surface area (Å²) in [5.74, 6) is 1.65. The number of benzene rings is 1. The average Bonchev–Trinajstić information content (AvgIpc) is 3.50. The number of aromatic nitrogens is 1. The predicted octanol–water partition coefficient (Wildman–Crippen LogP) is 8.73. The molecular formula is C42H58N2O5. The van der Waals surface area contributed by atoms with Crippen molar-refractivity contribution in [2.24, 2.45) is 56.7 Å². The number of carboxylic acids is 1. The number of amides is 1. The molecule has 5 saturated carbocycles. The van der Waals surface area contributed by atoms with E-state index in [1.165, 1.54) is 25.7 Å². The molecule has 49 heavy (non-hydrogen) atoms. The highest BCUT2D eigenvalue weighted by Gasteiger charge is 2.67. The Morgan fingerprint density at radius 2 is 1.61 bits per heavy atom. The first-order valence-electron chi connectivity index (χ1n) is 19.2. The van der Waals surface area contributed by atoms with Crippen LogP contribution in [-0.2, 0) is 25.7 Å². The van der Waals surface area contributed by atoms with E-state index >= 15 is 0 Å². The first kappa shape index (κ1) is 34.5. The second-order valence-electron chi connectivity index (χ2n) is 18.6. The number of carbonyl (C=O) groups excluding carboxylic acids is 2. The molecule has 1 aromatic carbocycles. The maximum absolute atomic E-state index is 14.2. The summed E-state index contributed by atoms with van der Waals surface area (Å²) in [6.45, 7) is 13.4. The predicted molar refractivity (Wildman–Crippen MR) is 190 cm³/mol. The van der Waals surface area contributed by atoms with Crippen LogP contribution in [0, 0.1) is 56.7 Å². The van der Waals surface area contributed by atoms with Crippen LogP contribution in [-0.4, -0.2) is 34.0 Å². The topological polar surface area (TPSA) is 106 Å². The van der Waals surface area contributed by atoms with Gasteiger partial charge in [0, 0.05) is 10.8 Å². The van der Waals surface area contributed by atoms with E-state index in [-0.39, 0.29) is 40.1 Å². The minimum atomic E-state index is -1.14. The number of aliphatic carboxylic acids is 1. The van der Waals surface area contributed by atoms with Crippen molar-refractivity contribution in [3.8, 4) is 0 Å². The summed E-state index contributed by atoms with van der Waals surface area (Å²) in [5, 5.41) is 14.1. The Bertz CT molecular complexity index is 1630. The van der Waals surface area contributed by atoms with E-state index in [4.69, 9.17) is 9.72 Å². The van der Waals surface area contributed by atoms with Crippen LogP contribution < -0.4 is 5.32 Å². The maximum atomic E-state index is 14.2. The molecule has 9 unspecified atom stereocenters. The van der Waals surface area contributed by atoms with Gasteiger partial charge in [-0.2, -0.15) is 0 Å². The Labute approximate surface area is 292 Å². The fourth-order valence-electron chi connectivity index (χ4n) is 13.0. The molecule has 5 fully saturated rings. The quantitative estimate of drug-likeness (QED) is 0.286. The molecule has 9 atom stereocenters. The van der Waals surface area contributed by atoms with Crippen molar-refractivity contribution < 1.29 is 24.2 Å². The third-order valence-corrected chi connectivity index (χ3v) is 15.4. The highest BCUT2D eigenvalue weighted by Crippen LogP contribution is 2.73. The molecule has 0 aliphatic heterocycles. The van der Waals surface area contributed by atoms with E-state index in [0.29, 0.717) is 36.1 Å². The number of rotatable bonds is 7. The van der Waals surface area contributed by atoms with Gasteiger partial charge in [0.05, 0.1) is 35.0 Å². The summed E-state index contributed by atoms with van der Waals surface area (Å²) in [4.78, 5) is 43.7. The average molecular weight is 671 g/mol. The van der Waals surface area contributed by atoms with E-state index in [0.717, 1.165) is 61.5 Å². The van der Waals surface area contributed by atoms with Gasteiger partial charge >= 0.3 is 11.9 Å². The van der Waals surface area contributed by atoms with Gasteiger partial charge in [0.2, 0.25) is 5.91 Å². The number of pyridine rings is 1. The first-order valence-corrected chi connectivity index (χ1v) is 19.2. The molecule has 7 nitrogen and oxygen atoms in total. The van der Waals surface area contributed by atoms with Crippen molar-refractivity contribution >= 4 is 28.7 Å². The van der Waals surface area contributed by atoms with Crippen LogP contribution in [0.5, 0.6) is 0 Å². The van der Waals surface area contributed by atoms with Crippen molar-refractivity contribution in [1.82, 2.24) is 10.3 Å². The van der Waals surface area contributed by atoms with Gasteiger partial charge in [-0.1, -0.05) is 58.4 Å². The molecule has 5 aliphatic carbocycles. The Morgan fingerprint density at radius 1 is 0.857 bits per heavy atom. The van der Waals surface area contributed by atoms with Crippen molar-refractivity contribution in [2.75, 3.05) is 0 Å². The molecule has 0 bridgehead atoms. The van der Waals surface area contributed by atoms with Gasteiger partial charge in [-0.25, -0.2) is 0 Å². The minimum absolute atomic E-state index is 0.110. The van der Waals surface area contributed by atoms with Crippen molar-refractivity contribution in [3.63, 3.8) is 0 Å². The molecule has 7 rings (SSSR count). The second kappa shape index (κ2) is 12.1. The molecular weight excluding hydrogens is 612 g/mol. The molecule has 2 aromatic rings. The monoisotopic (exact) mass is 670 g/mol. The van der Waals surface area contributed by atoms with E-state index in [2.05, 4.69) is 45.1 Å². The normalized spacial score (nSPS) is 38.0. The van der Waals surface area contributed by atoms with Crippen LogP contribution >= 0.6 is 0 Å². The molecule has 0 spiro atoms. The Kier molecular flexibility index (Phi) is 8.50. The fraction of sp³-hybridized carbons (Fsp3) is 0.714. The molecule has 5 aliphatic rings. The lowest BCUT2D eigenvalue weighted by molar-refractivity contribution is -0.222. The SMILES string of the molecule is CC(C)(CC(=O)OC1CCC2(C)C(CCC3(C)C4CCC5(C(=O)NCc6ccc7ccccc7n6)CCCC5C4CCC32)C1(C)C)C(=O)O. The molecule has 1 amide bonds. The van der Waals surface area contributed by atoms with Gasteiger partial charge in [0.1, 0.15) is 6.10 Å². The van der Waals surface area contributed by atoms with Crippen LogP contribution in [0.15, 0.2) is 36.4 Å². The number of carbonyl (C=O) groups is 3. The van der Waals surface area contributed by atoms with Gasteiger partial charge < -0.3 is 15.2 Å². The molecule has 1 aromatic heterocycles. The number of esters is 1. The largest absolute Gasteiger partial charge is 0.481 e. The second-order valence-corrected chi connectivity index (χ2v) is 18.6. The number of nitrogens with zero attached hydrogens (tertiary/aromatic N) is 1. The summed E-state index contributed by atoms with van der Waals surface area (Å²) in [5.41, 5.74) is 0.736. The van der Waals surface area contributed by atoms with Gasteiger partial charge in [0.25, 0.3) is 0 Å². The lowest BCUT2D eigenvalue weighted by Gasteiger charge is -2.69. The Morgan fingerprint density at radius 3 is 2.39 bits per heavy atom. The molecule has 266 valence electrons. The molecule has 7 heteroatoms. The lowest BCUT2D eigenvalue weighted by atomic mass is 9.36. The van der Waals surface area contributed by atoms with Crippen LogP contribution in [0.2, 0.25) is 0 Å². The smallest absolute Gasteiger partial charge is 0.309 e. The number of hydrogen-bond acceptors (Lipinski definition) is 5. The zero-order valence-electron chi connectivity index (χ0n) is 30.6.